The monoisotopic (exact) mass is 265 g/mol. The van der Waals surface area contributed by atoms with Crippen LogP contribution in [0.2, 0.25) is 0 Å². The summed E-state index contributed by atoms with van der Waals surface area (Å²) in [5, 5.41) is 16.1. The van der Waals surface area contributed by atoms with Crippen LogP contribution in [0.4, 0.5) is 5.69 Å². The molecule has 1 aromatic heterocycles. The first-order chi connectivity index (χ1) is 8.67. The van der Waals surface area contributed by atoms with Gasteiger partial charge in [-0.3, -0.25) is 14.3 Å². The highest BCUT2D eigenvalue weighted by Crippen LogP contribution is 2.58. The molecule has 1 heterocycles. The number of carbonyl (C=O) groups is 2. The molecule has 1 amide bonds. The number of rotatable bonds is 3. The molecule has 0 bridgehead atoms. The minimum absolute atomic E-state index is 0.239. The van der Waals surface area contributed by atoms with E-state index in [2.05, 4.69) is 10.4 Å². The topological polar surface area (TPSA) is 84.2 Å². The van der Waals surface area contributed by atoms with Crippen LogP contribution in [0, 0.1) is 31.1 Å². The number of amides is 1. The molecule has 0 radical (unpaired) electrons. The standard InChI is InChI=1S/C13H19N3O3/c1-6-10(7(2)16(5)15-6)14-11(17)8-9(12(18)19)13(8,3)4/h8-9H,1-5H3,(H,14,17)(H,18,19)/t8-,9-/m1/s1. The van der Waals surface area contributed by atoms with E-state index in [0.717, 1.165) is 11.4 Å². The lowest BCUT2D eigenvalue weighted by Crippen LogP contribution is -2.18. The highest BCUT2D eigenvalue weighted by molar-refractivity contribution is 6.00. The molecule has 0 spiro atoms. The summed E-state index contributed by atoms with van der Waals surface area (Å²) in [6.45, 7) is 7.29. The van der Waals surface area contributed by atoms with Gasteiger partial charge >= 0.3 is 5.97 Å². The second-order valence-electron chi connectivity index (χ2n) is 5.77. The number of aromatic nitrogens is 2. The smallest absolute Gasteiger partial charge is 0.307 e. The molecule has 1 aliphatic rings. The highest BCUT2D eigenvalue weighted by atomic mass is 16.4. The van der Waals surface area contributed by atoms with Crippen LogP contribution in [0.25, 0.3) is 0 Å². The molecular weight excluding hydrogens is 246 g/mol. The number of hydrogen-bond acceptors (Lipinski definition) is 3. The van der Waals surface area contributed by atoms with Crippen LogP contribution in [0.15, 0.2) is 0 Å². The Morgan fingerprint density at radius 2 is 1.89 bits per heavy atom. The third-order valence-electron chi connectivity index (χ3n) is 4.13. The lowest BCUT2D eigenvalue weighted by atomic mass is 10.1. The lowest BCUT2D eigenvalue weighted by Gasteiger charge is -2.06. The van der Waals surface area contributed by atoms with Gasteiger partial charge < -0.3 is 10.4 Å². The lowest BCUT2D eigenvalue weighted by molar-refractivity contribution is -0.140. The number of nitrogens with one attached hydrogen (secondary N) is 1. The fourth-order valence-corrected chi connectivity index (χ4v) is 2.74. The van der Waals surface area contributed by atoms with Gasteiger partial charge in [0.1, 0.15) is 0 Å². The molecule has 2 atom stereocenters. The molecule has 1 fully saturated rings. The van der Waals surface area contributed by atoms with Gasteiger partial charge in [0.15, 0.2) is 0 Å². The number of anilines is 1. The summed E-state index contributed by atoms with van der Waals surface area (Å²) in [5.41, 5.74) is 1.79. The second kappa shape index (κ2) is 4.08. The van der Waals surface area contributed by atoms with Crippen molar-refractivity contribution in [2.45, 2.75) is 27.7 Å². The Labute approximate surface area is 111 Å². The third-order valence-corrected chi connectivity index (χ3v) is 4.13. The van der Waals surface area contributed by atoms with Crippen molar-refractivity contribution in [3.05, 3.63) is 11.4 Å². The molecule has 0 aromatic carbocycles. The Morgan fingerprint density at radius 3 is 2.26 bits per heavy atom. The summed E-state index contributed by atoms with van der Waals surface area (Å²) in [6, 6.07) is 0. The molecule has 0 aliphatic heterocycles. The van der Waals surface area contributed by atoms with Gasteiger partial charge in [-0.1, -0.05) is 13.8 Å². The van der Waals surface area contributed by atoms with Crippen LogP contribution in [0.1, 0.15) is 25.2 Å². The van der Waals surface area contributed by atoms with Crippen molar-refractivity contribution in [3.63, 3.8) is 0 Å². The van der Waals surface area contributed by atoms with Gasteiger partial charge in [-0.15, -0.1) is 0 Å². The molecule has 1 saturated carbocycles. The van der Waals surface area contributed by atoms with E-state index in [1.165, 1.54) is 0 Å². The Hall–Kier alpha value is -1.85. The van der Waals surface area contributed by atoms with Crippen LogP contribution >= 0.6 is 0 Å². The quantitative estimate of drug-likeness (QED) is 0.863. The summed E-state index contributed by atoms with van der Waals surface area (Å²) >= 11 is 0. The van der Waals surface area contributed by atoms with Crippen LogP contribution < -0.4 is 5.32 Å². The van der Waals surface area contributed by atoms with E-state index in [-0.39, 0.29) is 5.91 Å². The molecule has 1 aliphatic carbocycles. The zero-order valence-electron chi connectivity index (χ0n) is 11.8. The first kappa shape index (κ1) is 13.6. The van der Waals surface area contributed by atoms with Crippen LogP contribution in [-0.2, 0) is 16.6 Å². The molecule has 2 rings (SSSR count). The minimum atomic E-state index is -0.912. The van der Waals surface area contributed by atoms with Crippen LogP contribution in [0.5, 0.6) is 0 Å². The van der Waals surface area contributed by atoms with Crippen molar-refractivity contribution in [2.75, 3.05) is 5.32 Å². The molecule has 0 saturated heterocycles. The van der Waals surface area contributed by atoms with Crippen molar-refractivity contribution in [1.29, 1.82) is 0 Å². The number of aryl methyl sites for hydroxylation is 2. The molecule has 0 unspecified atom stereocenters. The second-order valence-corrected chi connectivity index (χ2v) is 5.77. The number of hydrogen-bond donors (Lipinski definition) is 2. The average Bonchev–Trinajstić information content (AvgIpc) is 2.79. The van der Waals surface area contributed by atoms with E-state index in [4.69, 9.17) is 5.11 Å². The zero-order chi connectivity index (χ0) is 14.5. The van der Waals surface area contributed by atoms with Crippen molar-refractivity contribution < 1.29 is 14.7 Å². The van der Waals surface area contributed by atoms with Gasteiger partial charge in [-0.05, 0) is 19.3 Å². The maximum absolute atomic E-state index is 12.2. The van der Waals surface area contributed by atoms with E-state index in [1.54, 1.807) is 25.6 Å². The van der Waals surface area contributed by atoms with E-state index < -0.39 is 23.2 Å². The zero-order valence-corrected chi connectivity index (χ0v) is 11.8. The minimum Gasteiger partial charge on any atom is -0.481 e. The van der Waals surface area contributed by atoms with Gasteiger partial charge in [0.2, 0.25) is 5.91 Å². The molecule has 2 N–H and O–H groups in total. The van der Waals surface area contributed by atoms with E-state index >= 15 is 0 Å². The van der Waals surface area contributed by atoms with Gasteiger partial charge in [0.25, 0.3) is 0 Å². The molecule has 104 valence electrons. The Morgan fingerprint density at radius 1 is 1.32 bits per heavy atom. The Kier molecular flexibility index (Phi) is 2.91. The summed E-state index contributed by atoms with van der Waals surface area (Å²) in [7, 11) is 1.80. The number of carboxylic acid groups (broad SMARTS) is 1. The van der Waals surface area contributed by atoms with Gasteiger partial charge in [-0.25, -0.2) is 0 Å². The van der Waals surface area contributed by atoms with E-state index in [9.17, 15) is 9.59 Å². The van der Waals surface area contributed by atoms with Crippen LogP contribution in [-0.4, -0.2) is 26.8 Å². The van der Waals surface area contributed by atoms with Gasteiger partial charge in [-0.2, -0.15) is 5.10 Å². The van der Waals surface area contributed by atoms with E-state index in [1.807, 2.05) is 13.8 Å². The molecule has 6 heteroatoms. The molecule has 6 nitrogen and oxygen atoms in total. The van der Waals surface area contributed by atoms with Crippen LogP contribution in [0.3, 0.4) is 0 Å². The third kappa shape index (κ3) is 2.01. The van der Waals surface area contributed by atoms with Crippen molar-refractivity contribution in [3.8, 4) is 0 Å². The summed E-state index contributed by atoms with van der Waals surface area (Å²) in [4.78, 5) is 23.3. The number of aliphatic carboxylic acids is 1. The first-order valence-corrected chi connectivity index (χ1v) is 6.21. The SMILES string of the molecule is Cc1nn(C)c(C)c1NC(=O)[C@H]1[C@H](C(=O)O)C1(C)C. The molecule has 19 heavy (non-hydrogen) atoms. The summed E-state index contributed by atoms with van der Waals surface area (Å²) in [5.74, 6) is -2.24. The fourth-order valence-electron chi connectivity index (χ4n) is 2.74. The number of carbonyl (C=O) groups excluding carboxylic acids is 1. The first-order valence-electron chi connectivity index (χ1n) is 6.21. The van der Waals surface area contributed by atoms with Gasteiger partial charge in [0, 0.05) is 7.05 Å². The van der Waals surface area contributed by atoms with E-state index in [0.29, 0.717) is 5.69 Å². The maximum Gasteiger partial charge on any atom is 0.307 e. The average molecular weight is 265 g/mol. The summed E-state index contributed by atoms with van der Waals surface area (Å²) in [6.07, 6.45) is 0. The summed E-state index contributed by atoms with van der Waals surface area (Å²) < 4.78 is 1.69. The predicted molar refractivity (Wildman–Crippen MR) is 69.7 cm³/mol. The molecular formula is C13H19N3O3. The number of nitrogens with zero attached hydrogens (tertiary/aromatic N) is 2. The largest absolute Gasteiger partial charge is 0.481 e. The highest BCUT2D eigenvalue weighted by Gasteiger charge is 2.65. The van der Waals surface area contributed by atoms with Crippen molar-refractivity contribution >= 4 is 17.6 Å². The van der Waals surface area contributed by atoms with Gasteiger partial charge in [0.05, 0.1) is 28.9 Å². The number of carboxylic acids is 1. The maximum atomic E-state index is 12.2. The van der Waals surface area contributed by atoms with Crippen molar-refractivity contribution in [2.24, 2.45) is 24.3 Å². The Bertz CT molecular complexity index is 560. The Balaban J connectivity index is 2.17. The molecule has 1 aromatic rings. The predicted octanol–water partition coefficient (Wildman–Crippen LogP) is 1.33. The fraction of sp³-hybridized carbons (Fsp3) is 0.615. The normalized spacial score (nSPS) is 24.1. The van der Waals surface area contributed by atoms with Crippen molar-refractivity contribution in [1.82, 2.24) is 9.78 Å².